The molecule has 0 saturated carbocycles. The number of hydrogen-bond acceptors (Lipinski definition) is 6. The van der Waals surface area contributed by atoms with Crippen molar-refractivity contribution in [3.05, 3.63) is 38.3 Å². The average molecular weight is 363 g/mol. The maximum atomic E-state index is 11.3. The Bertz CT molecular complexity index is 498. The number of halogens is 1. The Morgan fingerprint density at radius 2 is 2.30 bits per heavy atom. The van der Waals surface area contributed by atoms with Gasteiger partial charge in [-0.05, 0) is 12.5 Å². The highest BCUT2D eigenvalue weighted by atomic mass is 79.9. The Morgan fingerprint density at radius 3 is 2.85 bits per heavy atom. The normalized spacial score (nSPS) is 11.9. The number of esters is 1. The number of benzene rings is 1. The highest BCUT2D eigenvalue weighted by Gasteiger charge is 2.15. The molecule has 20 heavy (non-hydrogen) atoms. The molecular weight excluding hydrogens is 348 g/mol. The average Bonchev–Trinajstić information content (AvgIpc) is 2.40. The molecule has 0 aliphatic rings. The number of nitro benzene ring substituents is 1. The van der Waals surface area contributed by atoms with Crippen LogP contribution in [0, 0.1) is 10.1 Å². The summed E-state index contributed by atoms with van der Waals surface area (Å²) >= 11 is 4.77. The maximum Gasteiger partial charge on any atom is 0.323 e. The standard InChI is InChI=1S/C12H15BrN2O4S/c1-2-19-12(16)11(14)7-20-6-8-3-4-9(15(17)18)5-10(8)13/h3-5,11H,2,6-7,14H2,1H3. The Labute approximate surface area is 129 Å². The molecule has 110 valence electrons. The number of non-ortho nitro benzene ring substituents is 1. The van der Waals surface area contributed by atoms with Gasteiger partial charge in [-0.25, -0.2) is 0 Å². The molecule has 0 fully saturated rings. The Balaban J connectivity index is 2.50. The SMILES string of the molecule is CCOC(=O)C(N)CSCc1ccc([N+](=O)[O-])cc1Br. The van der Waals surface area contributed by atoms with E-state index in [0.717, 1.165) is 5.56 Å². The van der Waals surface area contributed by atoms with E-state index in [2.05, 4.69) is 15.9 Å². The van der Waals surface area contributed by atoms with E-state index in [9.17, 15) is 14.9 Å². The molecule has 1 unspecified atom stereocenters. The van der Waals surface area contributed by atoms with Gasteiger partial charge in [0.05, 0.1) is 11.5 Å². The van der Waals surface area contributed by atoms with Crippen LogP contribution in [0.15, 0.2) is 22.7 Å². The fourth-order valence-corrected chi connectivity index (χ4v) is 3.05. The van der Waals surface area contributed by atoms with Gasteiger partial charge in [0.25, 0.3) is 5.69 Å². The lowest BCUT2D eigenvalue weighted by molar-refractivity contribution is -0.384. The zero-order valence-corrected chi connectivity index (χ0v) is 13.3. The summed E-state index contributed by atoms with van der Waals surface area (Å²) in [4.78, 5) is 21.5. The summed E-state index contributed by atoms with van der Waals surface area (Å²) < 4.78 is 5.48. The van der Waals surface area contributed by atoms with Crippen LogP contribution < -0.4 is 5.73 Å². The highest BCUT2D eigenvalue weighted by Crippen LogP contribution is 2.26. The molecule has 0 aromatic heterocycles. The second kappa shape index (κ2) is 8.23. The van der Waals surface area contributed by atoms with E-state index >= 15 is 0 Å². The van der Waals surface area contributed by atoms with Crippen molar-refractivity contribution in [2.75, 3.05) is 12.4 Å². The lowest BCUT2D eigenvalue weighted by Gasteiger charge is -2.10. The van der Waals surface area contributed by atoms with Crippen LogP contribution in [0.25, 0.3) is 0 Å². The largest absolute Gasteiger partial charge is 0.465 e. The highest BCUT2D eigenvalue weighted by molar-refractivity contribution is 9.10. The molecule has 0 amide bonds. The third-order valence-corrected chi connectivity index (χ3v) is 4.24. The van der Waals surface area contributed by atoms with Crippen molar-refractivity contribution < 1.29 is 14.5 Å². The predicted octanol–water partition coefficient (Wildman–Crippen LogP) is 2.48. The predicted molar refractivity (Wildman–Crippen MR) is 81.6 cm³/mol. The third-order valence-electron chi connectivity index (χ3n) is 2.39. The smallest absolute Gasteiger partial charge is 0.323 e. The number of rotatable bonds is 7. The minimum atomic E-state index is -0.656. The molecule has 2 N–H and O–H groups in total. The maximum absolute atomic E-state index is 11.3. The molecule has 1 rings (SSSR count). The molecular formula is C12H15BrN2O4S. The van der Waals surface area contributed by atoms with E-state index in [1.807, 2.05) is 0 Å². The lowest BCUT2D eigenvalue weighted by Crippen LogP contribution is -2.34. The van der Waals surface area contributed by atoms with Crippen LogP contribution in [-0.2, 0) is 15.3 Å². The van der Waals surface area contributed by atoms with Gasteiger partial charge in [0.1, 0.15) is 6.04 Å². The number of carbonyl (C=O) groups excluding carboxylic acids is 1. The van der Waals surface area contributed by atoms with Crippen LogP contribution in [0.1, 0.15) is 12.5 Å². The van der Waals surface area contributed by atoms with Crippen LogP contribution in [-0.4, -0.2) is 29.3 Å². The van der Waals surface area contributed by atoms with E-state index in [1.54, 1.807) is 13.0 Å². The van der Waals surface area contributed by atoms with Crippen LogP contribution in [0.2, 0.25) is 0 Å². The molecule has 1 aromatic carbocycles. The zero-order valence-electron chi connectivity index (χ0n) is 10.9. The van der Waals surface area contributed by atoms with Crippen molar-refractivity contribution in [3.63, 3.8) is 0 Å². The topological polar surface area (TPSA) is 95.5 Å². The fourth-order valence-electron chi connectivity index (χ4n) is 1.38. The molecule has 0 aliphatic carbocycles. The van der Waals surface area contributed by atoms with Crippen molar-refractivity contribution in [3.8, 4) is 0 Å². The molecule has 0 bridgehead atoms. The van der Waals surface area contributed by atoms with Gasteiger partial charge in [0.2, 0.25) is 0 Å². The first kappa shape index (κ1) is 16.9. The van der Waals surface area contributed by atoms with Crippen LogP contribution in [0.4, 0.5) is 5.69 Å². The first-order valence-electron chi connectivity index (χ1n) is 5.88. The molecule has 0 spiro atoms. The van der Waals surface area contributed by atoms with Crippen molar-refractivity contribution in [2.45, 2.75) is 18.7 Å². The van der Waals surface area contributed by atoms with E-state index in [1.165, 1.54) is 23.9 Å². The molecule has 1 aromatic rings. The van der Waals surface area contributed by atoms with Gasteiger partial charge in [-0.2, -0.15) is 11.8 Å². The van der Waals surface area contributed by atoms with Gasteiger partial charge in [-0.15, -0.1) is 0 Å². The van der Waals surface area contributed by atoms with Gasteiger partial charge in [-0.1, -0.05) is 22.0 Å². The van der Waals surface area contributed by atoms with E-state index in [4.69, 9.17) is 10.5 Å². The number of carbonyl (C=O) groups is 1. The molecule has 6 nitrogen and oxygen atoms in total. The molecule has 0 heterocycles. The lowest BCUT2D eigenvalue weighted by atomic mass is 10.2. The molecule has 0 radical (unpaired) electrons. The molecule has 0 aliphatic heterocycles. The van der Waals surface area contributed by atoms with E-state index in [0.29, 0.717) is 22.6 Å². The van der Waals surface area contributed by atoms with Crippen molar-refractivity contribution >= 4 is 39.3 Å². The third kappa shape index (κ3) is 5.10. The number of ether oxygens (including phenoxy) is 1. The number of hydrogen-bond donors (Lipinski definition) is 1. The Kier molecular flexibility index (Phi) is 6.97. The Morgan fingerprint density at radius 1 is 1.60 bits per heavy atom. The summed E-state index contributed by atoms with van der Waals surface area (Å²) in [5.74, 6) is 0.622. The van der Waals surface area contributed by atoms with E-state index < -0.39 is 16.9 Å². The molecule has 1 atom stereocenters. The monoisotopic (exact) mass is 362 g/mol. The summed E-state index contributed by atoms with van der Waals surface area (Å²) in [7, 11) is 0. The van der Waals surface area contributed by atoms with Crippen molar-refractivity contribution in [1.29, 1.82) is 0 Å². The Hall–Kier alpha value is -1.12. The first-order valence-corrected chi connectivity index (χ1v) is 7.83. The van der Waals surface area contributed by atoms with Gasteiger partial charge in [0.15, 0.2) is 0 Å². The zero-order chi connectivity index (χ0) is 15.1. The summed E-state index contributed by atoms with van der Waals surface area (Å²) in [6, 6.07) is 3.94. The fraction of sp³-hybridized carbons (Fsp3) is 0.417. The second-order valence-corrected chi connectivity index (χ2v) is 5.79. The molecule has 8 heteroatoms. The van der Waals surface area contributed by atoms with Crippen molar-refractivity contribution in [2.24, 2.45) is 5.73 Å². The summed E-state index contributed by atoms with van der Waals surface area (Å²) in [6.07, 6.45) is 0. The minimum absolute atomic E-state index is 0.0360. The van der Waals surface area contributed by atoms with Crippen molar-refractivity contribution in [1.82, 2.24) is 0 Å². The second-order valence-electron chi connectivity index (χ2n) is 3.91. The van der Waals surface area contributed by atoms with Gasteiger partial charge in [-0.3, -0.25) is 14.9 Å². The quantitative estimate of drug-likeness (QED) is 0.454. The summed E-state index contributed by atoms with van der Waals surface area (Å²) in [5.41, 5.74) is 6.62. The number of nitrogens with zero attached hydrogens (tertiary/aromatic N) is 1. The molecule has 0 saturated heterocycles. The van der Waals surface area contributed by atoms with Crippen LogP contribution in [0.5, 0.6) is 0 Å². The minimum Gasteiger partial charge on any atom is -0.465 e. The van der Waals surface area contributed by atoms with Crippen LogP contribution in [0.3, 0.4) is 0 Å². The van der Waals surface area contributed by atoms with Crippen LogP contribution >= 0.6 is 27.7 Å². The van der Waals surface area contributed by atoms with Gasteiger partial charge < -0.3 is 10.5 Å². The first-order chi connectivity index (χ1) is 9.45. The number of nitrogens with two attached hydrogens (primary N) is 1. The number of thioether (sulfide) groups is 1. The van der Waals surface area contributed by atoms with E-state index in [-0.39, 0.29) is 5.69 Å². The van der Waals surface area contributed by atoms with Gasteiger partial charge in [0, 0.05) is 28.1 Å². The summed E-state index contributed by atoms with van der Waals surface area (Å²) in [6.45, 7) is 2.04. The van der Waals surface area contributed by atoms with Gasteiger partial charge >= 0.3 is 5.97 Å². The number of nitro groups is 1. The summed E-state index contributed by atoms with van der Waals surface area (Å²) in [5, 5.41) is 10.6.